The maximum absolute atomic E-state index is 9.10. The minimum Gasteiger partial charge on any atom is -0.488 e. The van der Waals surface area contributed by atoms with E-state index in [0.29, 0.717) is 24.0 Å². The average Bonchev–Trinajstić information content (AvgIpc) is 2.61. The van der Waals surface area contributed by atoms with Crippen LogP contribution >= 0.6 is 27.5 Å². The molecule has 1 fully saturated rings. The van der Waals surface area contributed by atoms with Crippen molar-refractivity contribution in [3.63, 3.8) is 0 Å². The van der Waals surface area contributed by atoms with Gasteiger partial charge in [-0.15, -0.1) is 0 Å². The summed E-state index contributed by atoms with van der Waals surface area (Å²) in [5.74, 6) is -2.96. The van der Waals surface area contributed by atoms with Crippen molar-refractivity contribution in [3.05, 3.63) is 27.2 Å². The fraction of sp³-hybridized carbons (Fsp3) is 0.556. The standard InChI is InChI=1S/C16H24BrClN2O2.C2H2O4/c1-13-11-14(17)16(15(18)12-13)22-10-9-21-8-7-20-5-3-19(2)4-6-20;3-1(4)2(5)6/h11-12H,3-10H2,1-2H3;(H,3,4)(H,5,6). The molecule has 8 nitrogen and oxygen atoms in total. The van der Waals surface area contributed by atoms with Gasteiger partial charge in [0.05, 0.1) is 22.7 Å². The Kier molecular flexibility index (Phi) is 11.4. The van der Waals surface area contributed by atoms with E-state index >= 15 is 0 Å². The second kappa shape index (κ2) is 12.9. The van der Waals surface area contributed by atoms with Gasteiger partial charge in [-0.25, -0.2) is 9.59 Å². The lowest BCUT2D eigenvalue weighted by Gasteiger charge is -2.32. The van der Waals surface area contributed by atoms with Crippen molar-refractivity contribution in [1.29, 1.82) is 0 Å². The molecule has 0 spiro atoms. The van der Waals surface area contributed by atoms with Gasteiger partial charge < -0.3 is 24.6 Å². The van der Waals surface area contributed by atoms with Crippen LogP contribution in [0.25, 0.3) is 0 Å². The van der Waals surface area contributed by atoms with Gasteiger partial charge in [0.15, 0.2) is 5.75 Å². The molecule has 0 saturated carbocycles. The third kappa shape index (κ3) is 9.70. The molecule has 2 rings (SSSR count). The van der Waals surface area contributed by atoms with E-state index in [0.717, 1.165) is 49.4 Å². The number of hydrogen-bond acceptors (Lipinski definition) is 6. The number of likely N-dealkylation sites (N-methyl/N-ethyl adjacent to an activating group) is 1. The number of aliphatic carboxylic acids is 2. The highest BCUT2D eigenvalue weighted by Gasteiger charge is 2.13. The summed E-state index contributed by atoms with van der Waals surface area (Å²) in [5, 5.41) is 15.4. The third-order valence-corrected chi connectivity index (χ3v) is 4.82. The Hall–Kier alpha value is -1.39. The summed E-state index contributed by atoms with van der Waals surface area (Å²) >= 11 is 9.66. The van der Waals surface area contributed by atoms with E-state index in [4.69, 9.17) is 40.9 Å². The Bertz CT molecular complexity index is 618. The molecule has 1 aromatic carbocycles. The Labute approximate surface area is 178 Å². The molecule has 0 bridgehead atoms. The van der Waals surface area contributed by atoms with Gasteiger partial charge in [0, 0.05) is 32.7 Å². The molecule has 1 aromatic rings. The predicted octanol–water partition coefficient (Wildman–Crippen LogP) is 2.21. The van der Waals surface area contributed by atoms with Crippen LogP contribution in [0.3, 0.4) is 0 Å². The van der Waals surface area contributed by atoms with Gasteiger partial charge in [-0.3, -0.25) is 4.90 Å². The van der Waals surface area contributed by atoms with Gasteiger partial charge in [0.2, 0.25) is 0 Å². The van der Waals surface area contributed by atoms with Gasteiger partial charge >= 0.3 is 11.9 Å². The van der Waals surface area contributed by atoms with E-state index in [9.17, 15) is 0 Å². The highest BCUT2D eigenvalue weighted by molar-refractivity contribution is 9.10. The number of halogens is 2. The smallest absolute Gasteiger partial charge is 0.414 e. The van der Waals surface area contributed by atoms with Crippen molar-refractivity contribution >= 4 is 39.5 Å². The van der Waals surface area contributed by atoms with Crippen LogP contribution in [0.15, 0.2) is 16.6 Å². The van der Waals surface area contributed by atoms with E-state index in [-0.39, 0.29) is 0 Å². The maximum atomic E-state index is 9.10. The molecule has 0 amide bonds. The molecule has 1 aliphatic rings. The first-order valence-electron chi connectivity index (χ1n) is 8.74. The Balaban J connectivity index is 0.000000568. The van der Waals surface area contributed by atoms with Gasteiger partial charge in [0.1, 0.15) is 6.61 Å². The molecule has 158 valence electrons. The zero-order chi connectivity index (χ0) is 21.1. The number of piperazine rings is 1. The van der Waals surface area contributed by atoms with E-state index < -0.39 is 11.9 Å². The number of carboxylic acids is 2. The van der Waals surface area contributed by atoms with Crippen molar-refractivity contribution in [3.8, 4) is 5.75 Å². The highest BCUT2D eigenvalue weighted by atomic mass is 79.9. The molecule has 0 atom stereocenters. The van der Waals surface area contributed by atoms with Crippen molar-refractivity contribution in [2.24, 2.45) is 0 Å². The topological polar surface area (TPSA) is 99.5 Å². The SMILES string of the molecule is Cc1cc(Cl)c(OCCOCCN2CCN(C)CC2)c(Br)c1.O=C(O)C(=O)O. The molecule has 1 aliphatic heterocycles. The van der Waals surface area contributed by atoms with Crippen LogP contribution in [0.1, 0.15) is 5.56 Å². The highest BCUT2D eigenvalue weighted by Crippen LogP contribution is 2.34. The molecule has 1 saturated heterocycles. The minimum absolute atomic E-state index is 0.504. The van der Waals surface area contributed by atoms with Gasteiger partial charge in [-0.1, -0.05) is 11.6 Å². The summed E-state index contributed by atoms with van der Waals surface area (Å²) in [7, 11) is 2.17. The third-order valence-electron chi connectivity index (χ3n) is 3.95. The molecule has 2 N–H and O–H groups in total. The second-order valence-electron chi connectivity index (χ2n) is 6.27. The quantitative estimate of drug-likeness (QED) is 0.452. The summed E-state index contributed by atoms with van der Waals surface area (Å²) in [5.41, 5.74) is 1.10. The number of aryl methyl sites for hydroxylation is 1. The fourth-order valence-corrected chi connectivity index (χ4v) is 3.53. The predicted molar refractivity (Wildman–Crippen MR) is 109 cm³/mol. The monoisotopic (exact) mass is 480 g/mol. The van der Waals surface area contributed by atoms with E-state index in [1.165, 1.54) is 0 Å². The first-order valence-corrected chi connectivity index (χ1v) is 9.91. The van der Waals surface area contributed by atoms with Crippen LogP contribution in [0.5, 0.6) is 5.75 Å². The molecule has 0 aromatic heterocycles. The van der Waals surface area contributed by atoms with Gasteiger partial charge in [-0.2, -0.15) is 0 Å². The first kappa shape index (κ1) is 24.6. The fourth-order valence-electron chi connectivity index (χ4n) is 2.39. The molecule has 0 aliphatic carbocycles. The lowest BCUT2D eigenvalue weighted by molar-refractivity contribution is -0.159. The number of carbonyl (C=O) groups is 2. The first-order chi connectivity index (χ1) is 13.2. The minimum atomic E-state index is -1.82. The number of ether oxygens (including phenoxy) is 2. The molecule has 1 heterocycles. The molecule has 10 heteroatoms. The molecule has 0 radical (unpaired) electrons. The van der Waals surface area contributed by atoms with Crippen LogP contribution < -0.4 is 4.74 Å². The number of benzene rings is 1. The van der Waals surface area contributed by atoms with E-state index in [1.807, 2.05) is 19.1 Å². The number of carboxylic acid groups (broad SMARTS) is 2. The Morgan fingerprint density at radius 3 is 2.25 bits per heavy atom. The lowest BCUT2D eigenvalue weighted by Crippen LogP contribution is -2.45. The van der Waals surface area contributed by atoms with E-state index in [2.05, 4.69) is 32.8 Å². The van der Waals surface area contributed by atoms with Crippen LogP contribution in [-0.2, 0) is 14.3 Å². The Morgan fingerprint density at radius 2 is 1.71 bits per heavy atom. The summed E-state index contributed by atoms with van der Waals surface area (Å²) in [6.45, 7) is 9.35. The maximum Gasteiger partial charge on any atom is 0.414 e. The van der Waals surface area contributed by atoms with Crippen LogP contribution in [0, 0.1) is 6.92 Å². The molecular weight excluding hydrogens is 456 g/mol. The zero-order valence-electron chi connectivity index (χ0n) is 16.0. The largest absolute Gasteiger partial charge is 0.488 e. The molecular formula is C18H26BrClN2O6. The van der Waals surface area contributed by atoms with E-state index in [1.54, 1.807) is 0 Å². The second-order valence-corrected chi connectivity index (χ2v) is 7.54. The normalized spacial score (nSPS) is 14.9. The summed E-state index contributed by atoms with van der Waals surface area (Å²) in [6, 6.07) is 3.89. The van der Waals surface area contributed by atoms with Crippen molar-refractivity contribution < 1.29 is 29.3 Å². The Morgan fingerprint density at radius 1 is 1.11 bits per heavy atom. The number of rotatable bonds is 7. The van der Waals surface area contributed by atoms with Crippen LogP contribution in [-0.4, -0.2) is 91.5 Å². The summed E-state index contributed by atoms with van der Waals surface area (Å²) in [6.07, 6.45) is 0. The lowest BCUT2D eigenvalue weighted by atomic mass is 10.2. The van der Waals surface area contributed by atoms with Crippen molar-refractivity contribution in [1.82, 2.24) is 9.80 Å². The molecule has 0 unspecified atom stereocenters. The average molecular weight is 482 g/mol. The van der Waals surface area contributed by atoms with Crippen LogP contribution in [0.4, 0.5) is 0 Å². The molecule has 28 heavy (non-hydrogen) atoms. The summed E-state index contributed by atoms with van der Waals surface area (Å²) in [4.78, 5) is 23.0. The van der Waals surface area contributed by atoms with Crippen molar-refractivity contribution in [2.75, 3.05) is 59.6 Å². The van der Waals surface area contributed by atoms with Gasteiger partial charge in [0.25, 0.3) is 0 Å². The van der Waals surface area contributed by atoms with Crippen molar-refractivity contribution in [2.45, 2.75) is 6.92 Å². The van der Waals surface area contributed by atoms with Crippen LogP contribution in [0.2, 0.25) is 5.02 Å². The van der Waals surface area contributed by atoms with Gasteiger partial charge in [-0.05, 0) is 47.6 Å². The number of nitrogens with zero attached hydrogens (tertiary/aromatic N) is 2. The zero-order valence-corrected chi connectivity index (χ0v) is 18.3. The summed E-state index contributed by atoms with van der Waals surface area (Å²) < 4.78 is 12.2. The number of hydrogen-bond donors (Lipinski definition) is 2.